The smallest absolute Gasteiger partial charge is 0.255 e. The van der Waals surface area contributed by atoms with E-state index in [1.807, 2.05) is 18.2 Å². The number of carbonyl (C=O) groups excluding carboxylic acids is 2. The van der Waals surface area contributed by atoms with Crippen LogP contribution in [0.1, 0.15) is 40.3 Å². The molecule has 7 nitrogen and oxygen atoms in total. The number of anilines is 1. The van der Waals surface area contributed by atoms with Crippen LogP contribution in [0.5, 0.6) is 0 Å². The Balaban J connectivity index is 1.51. The van der Waals surface area contributed by atoms with Gasteiger partial charge in [-0.1, -0.05) is 12.1 Å². The van der Waals surface area contributed by atoms with Crippen LogP contribution in [-0.2, 0) is 26.1 Å². The maximum atomic E-state index is 12.6. The quantitative estimate of drug-likeness (QED) is 0.721. The second-order valence-corrected chi connectivity index (χ2v) is 8.81. The molecule has 1 fully saturated rings. The SMILES string of the molecule is Cc1cc(C(=O)NCC(=O)Nc2cccc(CS(=O)C3CCOCC3)c2)c(C)o1. The van der Waals surface area contributed by atoms with Crippen molar-refractivity contribution in [2.75, 3.05) is 25.1 Å². The van der Waals surface area contributed by atoms with Crippen molar-refractivity contribution in [2.24, 2.45) is 0 Å². The van der Waals surface area contributed by atoms with Crippen molar-refractivity contribution in [1.82, 2.24) is 5.32 Å². The third kappa shape index (κ3) is 6.01. The number of ether oxygens (including phenoxy) is 1. The average molecular weight is 419 g/mol. The molecule has 0 radical (unpaired) electrons. The molecule has 0 spiro atoms. The van der Waals surface area contributed by atoms with Gasteiger partial charge in [0.05, 0.1) is 12.1 Å². The number of benzene rings is 1. The maximum Gasteiger partial charge on any atom is 0.255 e. The highest BCUT2D eigenvalue weighted by atomic mass is 32.2. The van der Waals surface area contributed by atoms with E-state index in [9.17, 15) is 13.8 Å². The molecular formula is C21H26N2O5S. The van der Waals surface area contributed by atoms with Crippen molar-refractivity contribution in [3.05, 3.63) is 53.0 Å². The Morgan fingerprint density at radius 3 is 2.62 bits per heavy atom. The summed E-state index contributed by atoms with van der Waals surface area (Å²) >= 11 is 0. The van der Waals surface area contributed by atoms with Crippen LogP contribution in [0.2, 0.25) is 0 Å². The van der Waals surface area contributed by atoms with Gasteiger partial charge in [-0.3, -0.25) is 13.8 Å². The third-order valence-electron chi connectivity index (χ3n) is 4.75. The molecule has 29 heavy (non-hydrogen) atoms. The van der Waals surface area contributed by atoms with Crippen molar-refractivity contribution in [3.8, 4) is 0 Å². The summed E-state index contributed by atoms with van der Waals surface area (Å²) in [5, 5.41) is 5.52. The minimum Gasteiger partial charge on any atom is -0.466 e. The molecule has 0 bridgehead atoms. The van der Waals surface area contributed by atoms with E-state index in [1.54, 1.807) is 26.0 Å². The van der Waals surface area contributed by atoms with Gasteiger partial charge in [-0.25, -0.2) is 0 Å². The highest BCUT2D eigenvalue weighted by Gasteiger charge is 2.20. The summed E-state index contributed by atoms with van der Waals surface area (Å²) in [6.45, 7) is 4.64. The van der Waals surface area contributed by atoms with Crippen molar-refractivity contribution < 1.29 is 23.0 Å². The molecule has 1 aliphatic heterocycles. The zero-order valence-corrected chi connectivity index (χ0v) is 17.5. The molecule has 3 rings (SSSR count). The third-order valence-corrected chi connectivity index (χ3v) is 6.59. The fourth-order valence-corrected chi connectivity index (χ4v) is 4.74. The minimum atomic E-state index is -0.968. The topological polar surface area (TPSA) is 97.6 Å². The molecule has 1 aromatic carbocycles. The normalized spacial score (nSPS) is 15.7. The van der Waals surface area contributed by atoms with Gasteiger partial charge in [0.1, 0.15) is 11.5 Å². The standard InChI is InChI=1S/C21H26N2O5S/c1-14-10-19(15(2)28-14)21(25)22-12-20(24)23-17-5-3-4-16(11-17)13-29(26)18-6-8-27-9-7-18/h3-5,10-11,18H,6-9,12-13H2,1-2H3,(H,22,25)(H,23,24). The Morgan fingerprint density at radius 2 is 1.93 bits per heavy atom. The highest BCUT2D eigenvalue weighted by molar-refractivity contribution is 7.84. The molecule has 0 aliphatic carbocycles. The summed E-state index contributed by atoms with van der Waals surface area (Å²) in [5.74, 6) is 0.927. The van der Waals surface area contributed by atoms with Crippen molar-refractivity contribution >= 4 is 28.3 Å². The van der Waals surface area contributed by atoms with Gasteiger partial charge in [-0.15, -0.1) is 0 Å². The van der Waals surface area contributed by atoms with E-state index in [1.165, 1.54) is 0 Å². The van der Waals surface area contributed by atoms with Crippen LogP contribution in [0.3, 0.4) is 0 Å². The van der Waals surface area contributed by atoms with Gasteiger partial charge in [-0.05, 0) is 50.5 Å². The van der Waals surface area contributed by atoms with E-state index >= 15 is 0 Å². The van der Waals surface area contributed by atoms with E-state index in [4.69, 9.17) is 9.15 Å². The highest BCUT2D eigenvalue weighted by Crippen LogP contribution is 2.19. The zero-order chi connectivity index (χ0) is 20.8. The van der Waals surface area contributed by atoms with Crippen molar-refractivity contribution in [3.63, 3.8) is 0 Å². The van der Waals surface area contributed by atoms with Gasteiger partial charge in [0, 0.05) is 40.7 Å². The molecule has 0 saturated carbocycles. The molecule has 1 atom stereocenters. The molecule has 1 aromatic heterocycles. The average Bonchev–Trinajstić information content (AvgIpc) is 3.05. The van der Waals surface area contributed by atoms with Crippen LogP contribution >= 0.6 is 0 Å². The van der Waals surface area contributed by atoms with Crippen molar-refractivity contribution in [1.29, 1.82) is 0 Å². The van der Waals surface area contributed by atoms with Crippen LogP contribution in [0.4, 0.5) is 5.69 Å². The second kappa shape index (κ2) is 9.84. The van der Waals surface area contributed by atoms with Crippen LogP contribution in [-0.4, -0.2) is 41.0 Å². The Hall–Kier alpha value is -2.45. The van der Waals surface area contributed by atoms with Gasteiger partial charge in [0.25, 0.3) is 5.91 Å². The lowest BCUT2D eigenvalue weighted by molar-refractivity contribution is -0.115. The first kappa shape index (κ1) is 21.3. The number of hydrogen-bond acceptors (Lipinski definition) is 5. The summed E-state index contributed by atoms with van der Waals surface area (Å²) in [6.07, 6.45) is 1.64. The summed E-state index contributed by atoms with van der Waals surface area (Å²) in [5.41, 5.74) is 1.94. The summed E-state index contributed by atoms with van der Waals surface area (Å²) in [7, 11) is -0.968. The summed E-state index contributed by atoms with van der Waals surface area (Å²) < 4.78 is 23.2. The first-order chi connectivity index (χ1) is 13.9. The molecule has 2 N–H and O–H groups in total. The lowest BCUT2D eigenvalue weighted by Crippen LogP contribution is -2.33. The molecule has 8 heteroatoms. The fourth-order valence-electron chi connectivity index (χ4n) is 3.28. The Kier molecular flexibility index (Phi) is 7.22. The molecule has 1 unspecified atom stereocenters. The van der Waals surface area contributed by atoms with Gasteiger partial charge < -0.3 is 19.8 Å². The molecule has 2 heterocycles. The Morgan fingerprint density at radius 1 is 1.17 bits per heavy atom. The Labute approximate surface area is 172 Å². The minimum absolute atomic E-state index is 0.152. The second-order valence-electron chi connectivity index (χ2n) is 7.09. The fraction of sp³-hybridized carbons (Fsp3) is 0.429. The van der Waals surface area contributed by atoms with E-state index in [0.717, 1.165) is 18.4 Å². The lowest BCUT2D eigenvalue weighted by atomic mass is 10.2. The first-order valence-corrected chi connectivity index (χ1v) is 11.0. The van der Waals surface area contributed by atoms with Crippen LogP contribution in [0.25, 0.3) is 0 Å². The number of carbonyl (C=O) groups is 2. The number of nitrogens with one attached hydrogen (secondary N) is 2. The van der Waals surface area contributed by atoms with E-state index in [0.29, 0.717) is 41.7 Å². The zero-order valence-electron chi connectivity index (χ0n) is 16.7. The molecule has 2 amide bonds. The van der Waals surface area contributed by atoms with E-state index in [2.05, 4.69) is 10.6 Å². The largest absolute Gasteiger partial charge is 0.466 e. The number of furan rings is 1. The molecule has 156 valence electrons. The van der Waals surface area contributed by atoms with Gasteiger partial charge in [0.2, 0.25) is 5.91 Å². The van der Waals surface area contributed by atoms with Crippen molar-refractivity contribution in [2.45, 2.75) is 37.7 Å². The van der Waals surface area contributed by atoms with Crippen LogP contribution < -0.4 is 10.6 Å². The van der Waals surface area contributed by atoms with Crippen LogP contribution in [0.15, 0.2) is 34.7 Å². The predicted octanol–water partition coefficient (Wildman–Crippen LogP) is 2.69. The molecular weight excluding hydrogens is 392 g/mol. The monoisotopic (exact) mass is 418 g/mol. The summed E-state index contributed by atoms with van der Waals surface area (Å²) in [4.78, 5) is 24.4. The molecule has 2 aromatic rings. The van der Waals surface area contributed by atoms with Crippen LogP contribution in [0, 0.1) is 13.8 Å². The number of rotatable bonds is 7. The van der Waals surface area contributed by atoms with E-state index < -0.39 is 10.8 Å². The summed E-state index contributed by atoms with van der Waals surface area (Å²) in [6, 6.07) is 8.95. The predicted molar refractivity (Wildman–Crippen MR) is 111 cm³/mol. The molecule has 1 saturated heterocycles. The number of aryl methyl sites for hydroxylation is 2. The molecule has 1 aliphatic rings. The number of amides is 2. The van der Waals surface area contributed by atoms with Gasteiger partial charge in [-0.2, -0.15) is 0 Å². The Bertz CT molecular complexity index is 902. The maximum absolute atomic E-state index is 12.6. The van der Waals surface area contributed by atoms with E-state index in [-0.39, 0.29) is 23.6 Å². The van der Waals surface area contributed by atoms with Gasteiger partial charge >= 0.3 is 0 Å². The number of hydrogen-bond donors (Lipinski definition) is 2. The first-order valence-electron chi connectivity index (χ1n) is 9.61. The lowest BCUT2D eigenvalue weighted by Gasteiger charge is -2.21. The van der Waals surface area contributed by atoms with Gasteiger partial charge in [0.15, 0.2) is 0 Å².